The van der Waals surface area contributed by atoms with Gasteiger partial charge in [0.05, 0.1) is 13.2 Å². The van der Waals surface area contributed by atoms with Gasteiger partial charge in [-0.1, -0.05) is 18.2 Å². The SMILES string of the molecule is COc1ccc(/C=C/C(=O)NC[C@H](O)c2ccc(O)cc2)cc1O. The van der Waals surface area contributed by atoms with E-state index >= 15 is 0 Å². The number of nitrogens with one attached hydrogen (secondary N) is 1. The molecular weight excluding hydrogens is 310 g/mol. The molecule has 4 N–H and O–H groups in total. The van der Waals surface area contributed by atoms with Crippen LogP contribution in [0, 0.1) is 0 Å². The van der Waals surface area contributed by atoms with Crippen LogP contribution in [0.1, 0.15) is 17.2 Å². The van der Waals surface area contributed by atoms with Crippen molar-refractivity contribution in [1.29, 1.82) is 0 Å². The van der Waals surface area contributed by atoms with Gasteiger partial charge in [-0.2, -0.15) is 0 Å². The maximum absolute atomic E-state index is 11.8. The van der Waals surface area contributed by atoms with Gasteiger partial charge in [-0.05, 0) is 41.5 Å². The standard InChI is InChI=1S/C18H19NO5/c1-24-17-8-2-12(10-15(17)21)3-9-18(23)19-11-16(22)13-4-6-14(20)7-5-13/h2-10,16,20-22H,11H2,1H3,(H,19,23)/b9-3+/t16-/m0/s1. The third kappa shape index (κ3) is 4.76. The molecule has 1 amide bonds. The number of hydrogen-bond donors (Lipinski definition) is 4. The van der Waals surface area contributed by atoms with Gasteiger partial charge in [-0.3, -0.25) is 4.79 Å². The van der Waals surface area contributed by atoms with Crippen molar-refractivity contribution in [1.82, 2.24) is 5.32 Å². The second kappa shape index (κ2) is 8.03. The molecular formula is C18H19NO5. The number of phenolic OH excluding ortho intramolecular Hbond substituents is 2. The zero-order chi connectivity index (χ0) is 17.5. The normalized spacial score (nSPS) is 12.1. The summed E-state index contributed by atoms with van der Waals surface area (Å²) in [6.07, 6.45) is 1.99. The van der Waals surface area contributed by atoms with Gasteiger partial charge in [0.1, 0.15) is 5.75 Å². The molecule has 6 heteroatoms. The molecule has 126 valence electrons. The fourth-order valence-electron chi connectivity index (χ4n) is 2.05. The Labute approximate surface area is 139 Å². The molecule has 0 fully saturated rings. The van der Waals surface area contributed by atoms with E-state index in [4.69, 9.17) is 4.74 Å². The lowest BCUT2D eigenvalue weighted by atomic mass is 10.1. The maximum Gasteiger partial charge on any atom is 0.244 e. The van der Waals surface area contributed by atoms with Crippen LogP contribution in [-0.4, -0.2) is 34.9 Å². The second-order valence-electron chi connectivity index (χ2n) is 5.12. The Morgan fingerprint density at radius 2 is 1.92 bits per heavy atom. The summed E-state index contributed by atoms with van der Waals surface area (Å²) in [6, 6.07) is 10.9. The van der Waals surface area contributed by atoms with E-state index in [1.165, 1.54) is 31.4 Å². The van der Waals surface area contributed by atoms with Gasteiger partial charge in [0.2, 0.25) is 5.91 Å². The first kappa shape index (κ1) is 17.4. The van der Waals surface area contributed by atoms with Gasteiger partial charge in [0.25, 0.3) is 0 Å². The van der Waals surface area contributed by atoms with Crippen LogP contribution in [0.3, 0.4) is 0 Å². The molecule has 6 nitrogen and oxygen atoms in total. The monoisotopic (exact) mass is 329 g/mol. The van der Waals surface area contributed by atoms with Gasteiger partial charge in [0, 0.05) is 12.6 Å². The molecule has 0 spiro atoms. The molecule has 0 radical (unpaired) electrons. The average molecular weight is 329 g/mol. The topological polar surface area (TPSA) is 99.0 Å². The van der Waals surface area contributed by atoms with E-state index < -0.39 is 6.10 Å². The summed E-state index contributed by atoms with van der Waals surface area (Å²) in [4.78, 5) is 11.8. The summed E-state index contributed by atoms with van der Waals surface area (Å²) < 4.78 is 4.94. The number of carbonyl (C=O) groups excluding carboxylic acids is 1. The van der Waals surface area contributed by atoms with E-state index in [1.807, 2.05) is 0 Å². The van der Waals surface area contributed by atoms with E-state index in [9.17, 15) is 20.1 Å². The van der Waals surface area contributed by atoms with E-state index in [0.717, 1.165) is 0 Å². The fourth-order valence-corrected chi connectivity index (χ4v) is 2.05. The number of hydrogen-bond acceptors (Lipinski definition) is 5. The van der Waals surface area contributed by atoms with Gasteiger partial charge < -0.3 is 25.4 Å². The molecule has 0 saturated carbocycles. The molecule has 0 saturated heterocycles. The maximum atomic E-state index is 11.8. The van der Waals surface area contributed by atoms with Crippen molar-refractivity contribution < 1.29 is 24.9 Å². The molecule has 0 aromatic heterocycles. The average Bonchev–Trinajstić information content (AvgIpc) is 2.58. The number of benzene rings is 2. The molecule has 0 aliphatic rings. The third-order valence-electron chi connectivity index (χ3n) is 3.38. The van der Waals surface area contributed by atoms with Crippen LogP contribution < -0.4 is 10.1 Å². The first-order valence-electron chi connectivity index (χ1n) is 7.29. The van der Waals surface area contributed by atoms with E-state index in [2.05, 4.69) is 5.32 Å². The number of aliphatic hydroxyl groups excluding tert-OH is 1. The first-order chi connectivity index (χ1) is 11.5. The number of phenols is 2. The largest absolute Gasteiger partial charge is 0.508 e. The highest BCUT2D eigenvalue weighted by Crippen LogP contribution is 2.26. The van der Waals surface area contributed by atoms with Crippen molar-refractivity contribution >= 4 is 12.0 Å². The predicted molar refractivity (Wildman–Crippen MR) is 89.8 cm³/mol. The number of carbonyl (C=O) groups is 1. The zero-order valence-corrected chi connectivity index (χ0v) is 13.1. The summed E-state index contributed by atoms with van der Waals surface area (Å²) in [6.45, 7) is 0.0435. The van der Waals surface area contributed by atoms with Gasteiger partial charge in [-0.25, -0.2) is 0 Å². The van der Waals surface area contributed by atoms with Crippen molar-refractivity contribution in [3.05, 3.63) is 59.7 Å². The molecule has 0 aliphatic carbocycles. The van der Waals surface area contributed by atoms with Crippen molar-refractivity contribution in [2.45, 2.75) is 6.10 Å². The Bertz CT molecular complexity index is 725. The second-order valence-corrected chi connectivity index (χ2v) is 5.12. The minimum atomic E-state index is -0.868. The lowest BCUT2D eigenvalue weighted by molar-refractivity contribution is -0.116. The quantitative estimate of drug-likeness (QED) is 0.607. The highest BCUT2D eigenvalue weighted by Gasteiger charge is 2.08. The molecule has 0 heterocycles. The van der Waals surface area contributed by atoms with Gasteiger partial charge >= 0.3 is 0 Å². The van der Waals surface area contributed by atoms with Crippen LogP contribution in [-0.2, 0) is 4.79 Å². The Morgan fingerprint density at radius 3 is 2.54 bits per heavy atom. The molecule has 0 bridgehead atoms. The van der Waals surface area contributed by atoms with Crippen LogP contribution in [0.5, 0.6) is 17.2 Å². The van der Waals surface area contributed by atoms with E-state index in [1.54, 1.807) is 30.3 Å². The molecule has 0 unspecified atom stereocenters. The fraction of sp³-hybridized carbons (Fsp3) is 0.167. The lowest BCUT2D eigenvalue weighted by Gasteiger charge is -2.11. The summed E-state index contributed by atoms with van der Waals surface area (Å²) in [5.74, 6) is 0.0835. The predicted octanol–water partition coefficient (Wildman–Crippen LogP) is 1.97. The van der Waals surface area contributed by atoms with Gasteiger partial charge in [0.15, 0.2) is 11.5 Å². The highest BCUT2D eigenvalue weighted by atomic mass is 16.5. The summed E-state index contributed by atoms with van der Waals surface area (Å²) in [5, 5.41) is 31.4. The third-order valence-corrected chi connectivity index (χ3v) is 3.38. The number of amides is 1. The zero-order valence-electron chi connectivity index (χ0n) is 13.1. The van der Waals surface area contributed by atoms with Crippen LogP contribution in [0.25, 0.3) is 6.08 Å². The Hall–Kier alpha value is -2.99. The molecule has 2 rings (SSSR count). The number of methoxy groups -OCH3 is 1. The Balaban J connectivity index is 1.88. The number of aliphatic hydroxyl groups is 1. The number of ether oxygens (including phenoxy) is 1. The van der Waals surface area contributed by atoms with E-state index in [0.29, 0.717) is 16.9 Å². The molecule has 0 aliphatic heterocycles. The van der Waals surface area contributed by atoms with Crippen LogP contribution in [0.4, 0.5) is 0 Å². The van der Waals surface area contributed by atoms with Crippen molar-refractivity contribution in [3.8, 4) is 17.2 Å². The van der Waals surface area contributed by atoms with Crippen LogP contribution >= 0.6 is 0 Å². The minimum Gasteiger partial charge on any atom is -0.508 e. The Morgan fingerprint density at radius 1 is 1.21 bits per heavy atom. The van der Waals surface area contributed by atoms with E-state index in [-0.39, 0.29) is 24.0 Å². The minimum absolute atomic E-state index is 0.0113. The smallest absolute Gasteiger partial charge is 0.244 e. The molecule has 1 atom stereocenters. The van der Waals surface area contributed by atoms with Crippen molar-refractivity contribution in [2.75, 3.05) is 13.7 Å². The number of aromatic hydroxyl groups is 2. The Kier molecular flexibility index (Phi) is 5.81. The summed E-state index contributed by atoms with van der Waals surface area (Å²) in [5.41, 5.74) is 1.24. The molecule has 2 aromatic carbocycles. The lowest BCUT2D eigenvalue weighted by Crippen LogP contribution is -2.26. The van der Waals surface area contributed by atoms with Crippen LogP contribution in [0.2, 0.25) is 0 Å². The summed E-state index contributed by atoms with van der Waals surface area (Å²) in [7, 11) is 1.46. The summed E-state index contributed by atoms with van der Waals surface area (Å²) >= 11 is 0. The highest BCUT2D eigenvalue weighted by molar-refractivity contribution is 5.91. The van der Waals surface area contributed by atoms with Gasteiger partial charge in [-0.15, -0.1) is 0 Å². The van der Waals surface area contributed by atoms with Crippen LogP contribution in [0.15, 0.2) is 48.5 Å². The molecule has 2 aromatic rings. The molecule has 24 heavy (non-hydrogen) atoms. The number of rotatable bonds is 6. The first-order valence-corrected chi connectivity index (χ1v) is 7.29. The van der Waals surface area contributed by atoms with Crippen molar-refractivity contribution in [3.63, 3.8) is 0 Å². The van der Waals surface area contributed by atoms with Crippen molar-refractivity contribution in [2.24, 2.45) is 0 Å².